The lowest BCUT2D eigenvalue weighted by Crippen LogP contribution is -2.56. The monoisotopic (exact) mass is 810 g/mol. The van der Waals surface area contributed by atoms with Crippen molar-refractivity contribution in [2.75, 3.05) is 28.4 Å². The van der Waals surface area contributed by atoms with Crippen molar-refractivity contribution in [1.82, 2.24) is 0 Å². The van der Waals surface area contributed by atoms with Gasteiger partial charge in [0.2, 0.25) is 0 Å². The van der Waals surface area contributed by atoms with Crippen LogP contribution in [0.4, 0.5) is 0 Å². The van der Waals surface area contributed by atoms with Crippen LogP contribution < -0.4 is 28.4 Å². The fourth-order valence-electron chi connectivity index (χ4n) is 6.63. The van der Waals surface area contributed by atoms with Crippen molar-refractivity contribution in [2.24, 2.45) is 20.0 Å². The SMILES string of the molecule is COc1cccc(C2=NC(Oc3ccccc3Cl)(C3(Oc4ccccc4Cl)N=C(c4cccc(OC)c4)C(c4cccc(OC)c4)=N3)N=C2c2cccc(OC)c2)c1. The maximum absolute atomic E-state index is 7.07. The Hall–Kier alpha value is -6.62. The molecular formula is C46H36Cl2N4O6. The highest BCUT2D eigenvalue weighted by Gasteiger charge is 2.65. The molecule has 0 amide bonds. The predicted octanol–water partition coefficient (Wildman–Crippen LogP) is 9.78. The highest BCUT2D eigenvalue weighted by atomic mass is 35.5. The molecule has 12 heteroatoms. The van der Waals surface area contributed by atoms with Crippen molar-refractivity contribution in [3.05, 3.63) is 178 Å². The zero-order chi connectivity index (χ0) is 40.3. The van der Waals surface area contributed by atoms with E-state index in [9.17, 15) is 0 Å². The third kappa shape index (κ3) is 7.24. The van der Waals surface area contributed by atoms with Gasteiger partial charge in [0.05, 0.1) is 61.3 Å². The number of hydrogen-bond acceptors (Lipinski definition) is 10. The normalized spacial score (nSPS) is 15.1. The molecule has 0 saturated heterocycles. The van der Waals surface area contributed by atoms with E-state index in [1.165, 1.54) is 0 Å². The van der Waals surface area contributed by atoms with E-state index >= 15 is 0 Å². The minimum Gasteiger partial charge on any atom is -0.497 e. The molecule has 0 atom stereocenters. The van der Waals surface area contributed by atoms with Crippen molar-refractivity contribution in [1.29, 1.82) is 0 Å². The molecule has 0 aromatic heterocycles. The lowest BCUT2D eigenvalue weighted by atomic mass is 10.00. The van der Waals surface area contributed by atoms with Gasteiger partial charge in [0.1, 0.15) is 34.5 Å². The highest BCUT2D eigenvalue weighted by molar-refractivity contribution is 6.56. The number of rotatable bonds is 13. The first kappa shape index (κ1) is 38.3. The number of methoxy groups -OCH3 is 4. The Morgan fingerprint density at radius 1 is 0.362 bits per heavy atom. The number of aliphatic imine (C=N–C) groups is 4. The Morgan fingerprint density at radius 2 is 0.638 bits per heavy atom. The first-order valence-corrected chi connectivity index (χ1v) is 18.9. The summed E-state index contributed by atoms with van der Waals surface area (Å²) in [6, 6.07) is 44.1. The molecular weight excluding hydrogens is 775 g/mol. The molecule has 0 bridgehead atoms. The predicted molar refractivity (Wildman–Crippen MR) is 228 cm³/mol. The van der Waals surface area contributed by atoms with E-state index in [0.717, 1.165) is 0 Å². The molecule has 58 heavy (non-hydrogen) atoms. The molecule has 0 spiro atoms. The number of ether oxygens (including phenoxy) is 6. The first-order valence-electron chi connectivity index (χ1n) is 18.1. The first-order chi connectivity index (χ1) is 28.3. The summed E-state index contributed by atoms with van der Waals surface area (Å²) in [7, 11) is 6.41. The minimum atomic E-state index is -2.15. The Labute approximate surface area is 345 Å². The second-order valence-corrected chi connectivity index (χ2v) is 13.9. The van der Waals surface area contributed by atoms with Crippen LogP contribution in [0.5, 0.6) is 34.5 Å². The van der Waals surface area contributed by atoms with Crippen molar-refractivity contribution in [3.8, 4) is 34.5 Å². The van der Waals surface area contributed by atoms with Gasteiger partial charge in [-0.2, -0.15) is 0 Å². The molecule has 6 aromatic rings. The molecule has 10 nitrogen and oxygen atoms in total. The molecule has 0 N–H and O–H groups in total. The Kier molecular flexibility index (Phi) is 10.6. The Morgan fingerprint density at radius 3 is 0.897 bits per heavy atom. The summed E-state index contributed by atoms with van der Waals surface area (Å²) in [4.78, 5) is 21.7. The van der Waals surface area contributed by atoms with E-state index in [4.69, 9.17) is 71.6 Å². The van der Waals surface area contributed by atoms with Gasteiger partial charge in [-0.15, -0.1) is 0 Å². The van der Waals surface area contributed by atoms with Crippen molar-refractivity contribution in [2.45, 2.75) is 11.7 Å². The van der Waals surface area contributed by atoms with Crippen LogP contribution in [0.1, 0.15) is 22.3 Å². The number of benzene rings is 6. The summed E-state index contributed by atoms with van der Waals surface area (Å²) >= 11 is 13.8. The number of hydrogen-bond donors (Lipinski definition) is 0. The molecule has 2 heterocycles. The summed E-state index contributed by atoms with van der Waals surface area (Å²) < 4.78 is 36.8. The van der Waals surface area contributed by atoms with Gasteiger partial charge in [0.25, 0.3) is 0 Å². The van der Waals surface area contributed by atoms with Crippen LogP contribution in [0.25, 0.3) is 0 Å². The average Bonchev–Trinajstić information content (AvgIpc) is 3.87. The molecule has 0 radical (unpaired) electrons. The molecule has 2 aliphatic rings. The van der Waals surface area contributed by atoms with Crippen LogP contribution in [0, 0.1) is 0 Å². The van der Waals surface area contributed by atoms with E-state index in [1.807, 2.05) is 97.1 Å². The van der Waals surface area contributed by atoms with E-state index in [-0.39, 0.29) is 11.5 Å². The molecule has 2 aliphatic heterocycles. The molecule has 0 aliphatic carbocycles. The van der Waals surface area contributed by atoms with Gasteiger partial charge in [-0.25, -0.2) is 20.0 Å². The second kappa shape index (κ2) is 16.1. The minimum absolute atomic E-state index is 0.249. The highest BCUT2D eigenvalue weighted by Crippen LogP contribution is 2.47. The fraction of sp³-hybridized carbons (Fsp3) is 0.130. The molecule has 8 rings (SSSR count). The Bertz CT molecular complexity index is 2330. The third-order valence-electron chi connectivity index (χ3n) is 9.48. The Balaban J connectivity index is 1.50. The quantitative estimate of drug-likeness (QED) is 0.115. The van der Waals surface area contributed by atoms with Gasteiger partial charge in [0, 0.05) is 22.3 Å². The topological polar surface area (TPSA) is 105 Å². The number of para-hydroxylation sites is 2. The zero-order valence-corrected chi connectivity index (χ0v) is 33.4. The fourth-order valence-corrected chi connectivity index (χ4v) is 6.98. The maximum Gasteiger partial charge on any atom is 0.388 e. The van der Waals surface area contributed by atoms with Gasteiger partial charge in [0.15, 0.2) is 0 Å². The summed E-state index contributed by atoms with van der Waals surface area (Å²) in [5, 5.41) is 0.592. The molecule has 0 unspecified atom stereocenters. The van der Waals surface area contributed by atoms with Crippen LogP contribution in [-0.4, -0.2) is 63.0 Å². The van der Waals surface area contributed by atoms with Gasteiger partial charge >= 0.3 is 11.7 Å². The van der Waals surface area contributed by atoms with Gasteiger partial charge in [-0.05, 0) is 72.8 Å². The lowest BCUT2D eigenvalue weighted by Gasteiger charge is -2.36. The molecule has 6 aromatic carbocycles. The van der Waals surface area contributed by atoms with E-state index in [2.05, 4.69) is 0 Å². The summed E-state index contributed by atoms with van der Waals surface area (Å²) in [6.07, 6.45) is 0. The standard InChI is InChI=1S/C46H36Cl2N4O6/c1-53-33-17-9-13-29(25-33)41-42(30-14-10-18-34(26-30)54-2)50-45(49-41,57-39-23-7-5-21-37(39)47)46(58-40-24-8-6-22-38(40)48)51-43(31-15-11-19-35(27-31)55-3)44(52-46)32-16-12-20-36(28-32)56-4/h5-28H,1-4H3. The van der Waals surface area contributed by atoms with Crippen LogP contribution in [-0.2, 0) is 0 Å². The van der Waals surface area contributed by atoms with Crippen LogP contribution in [0.2, 0.25) is 10.0 Å². The summed E-state index contributed by atoms with van der Waals surface area (Å²) in [5.41, 5.74) is 4.43. The van der Waals surface area contributed by atoms with E-state index < -0.39 is 11.7 Å². The van der Waals surface area contributed by atoms with E-state index in [1.54, 1.807) is 77.0 Å². The van der Waals surface area contributed by atoms with Crippen LogP contribution in [0.3, 0.4) is 0 Å². The van der Waals surface area contributed by atoms with Gasteiger partial charge in [-0.3, -0.25) is 0 Å². The average molecular weight is 812 g/mol. The number of halogens is 2. The van der Waals surface area contributed by atoms with Gasteiger partial charge in [-0.1, -0.05) is 96.0 Å². The lowest BCUT2D eigenvalue weighted by molar-refractivity contribution is -0.0940. The molecule has 290 valence electrons. The maximum atomic E-state index is 7.07. The summed E-state index contributed by atoms with van der Waals surface area (Å²) in [5.74, 6) is -1.39. The summed E-state index contributed by atoms with van der Waals surface area (Å²) in [6.45, 7) is 0. The van der Waals surface area contributed by atoms with Gasteiger partial charge < -0.3 is 28.4 Å². The number of nitrogens with zero attached hydrogens (tertiary/aromatic N) is 4. The molecule has 0 fully saturated rings. The zero-order valence-electron chi connectivity index (χ0n) is 31.9. The van der Waals surface area contributed by atoms with Crippen molar-refractivity contribution < 1.29 is 28.4 Å². The third-order valence-corrected chi connectivity index (χ3v) is 10.1. The largest absolute Gasteiger partial charge is 0.497 e. The van der Waals surface area contributed by atoms with Crippen LogP contribution >= 0.6 is 23.2 Å². The van der Waals surface area contributed by atoms with Crippen molar-refractivity contribution in [3.63, 3.8) is 0 Å². The smallest absolute Gasteiger partial charge is 0.388 e. The second-order valence-electron chi connectivity index (χ2n) is 13.1. The van der Waals surface area contributed by atoms with E-state index in [0.29, 0.717) is 78.1 Å². The molecule has 0 saturated carbocycles. The van der Waals surface area contributed by atoms with Crippen molar-refractivity contribution >= 4 is 46.0 Å². The van der Waals surface area contributed by atoms with Crippen LogP contribution in [0.15, 0.2) is 166 Å².